The number of hydrogen-bond donors (Lipinski definition) is 1. The highest BCUT2D eigenvalue weighted by molar-refractivity contribution is 4.71. The molecule has 0 saturated carbocycles. The van der Waals surface area contributed by atoms with Crippen LogP contribution in [0.5, 0.6) is 0 Å². The lowest BCUT2D eigenvalue weighted by molar-refractivity contribution is 0.225. The van der Waals surface area contributed by atoms with Crippen molar-refractivity contribution in [2.45, 2.75) is 45.2 Å². The van der Waals surface area contributed by atoms with Crippen LogP contribution < -0.4 is 5.32 Å². The molecule has 0 bridgehead atoms. The first-order chi connectivity index (χ1) is 5.83. The molecule has 0 aromatic carbocycles. The molecule has 1 heterocycles. The van der Waals surface area contributed by atoms with Gasteiger partial charge in [-0.3, -0.25) is 0 Å². The number of rotatable bonds is 4. The molecule has 1 nitrogen and oxygen atoms in total. The average molecular weight is 173 g/mol. The van der Waals surface area contributed by atoms with Crippen molar-refractivity contribution in [1.29, 1.82) is 0 Å². The third-order valence-corrected chi connectivity index (χ3v) is 2.65. The van der Waals surface area contributed by atoms with E-state index in [0.29, 0.717) is 5.92 Å². The van der Waals surface area contributed by atoms with Crippen LogP contribution in [-0.4, -0.2) is 19.3 Å². The lowest BCUT2D eigenvalue weighted by Crippen LogP contribution is -2.29. The second-order valence-corrected chi connectivity index (χ2v) is 3.82. The predicted molar refractivity (Wildman–Crippen MR) is 50.0 cm³/mol. The van der Waals surface area contributed by atoms with Crippen LogP contribution in [0.1, 0.15) is 39.0 Å². The normalized spacial score (nSPS) is 22.5. The first kappa shape index (κ1) is 9.97. The fraction of sp³-hybridized carbons (Fsp3) is 1.00. The van der Waals surface area contributed by atoms with Crippen LogP contribution >= 0.6 is 0 Å². The first-order valence-electron chi connectivity index (χ1n) is 5.17. The maximum atomic E-state index is 13.2. The molecule has 1 aliphatic rings. The van der Waals surface area contributed by atoms with Crippen LogP contribution in [0.25, 0.3) is 0 Å². The predicted octanol–water partition coefficient (Wildman–Crippen LogP) is 2.51. The van der Waals surface area contributed by atoms with Gasteiger partial charge in [-0.1, -0.05) is 13.3 Å². The van der Waals surface area contributed by atoms with Gasteiger partial charge in [-0.05, 0) is 44.7 Å². The van der Waals surface area contributed by atoms with Gasteiger partial charge in [0, 0.05) is 0 Å². The second-order valence-electron chi connectivity index (χ2n) is 3.82. The molecule has 0 aliphatic carbocycles. The zero-order valence-electron chi connectivity index (χ0n) is 7.98. The molecule has 1 aliphatic heterocycles. The molecule has 1 fully saturated rings. The Balaban J connectivity index is 2.11. The van der Waals surface area contributed by atoms with Crippen molar-refractivity contribution in [3.8, 4) is 0 Å². The van der Waals surface area contributed by atoms with Gasteiger partial charge in [-0.2, -0.15) is 0 Å². The van der Waals surface area contributed by atoms with Gasteiger partial charge >= 0.3 is 0 Å². The Bertz CT molecular complexity index is 110. The van der Waals surface area contributed by atoms with E-state index in [4.69, 9.17) is 0 Å². The van der Waals surface area contributed by atoms with Gasteiger partial charge < -0.3 is 5.32 Å². The highest BCUT2D eigenvalue weighted by atomic mass is 19.1. The average Bonchev–Trinajstić information content (AvgIpc) is 2.06. The summed E-state index contributed by atoms with van der Waals surface area (Å²) in [7, 11) is 0. The van der Waals surface area contributed by atoms with E-state index < -0.39 is 6.17 Å². The van der Waals surface area contributed by atoms with Crippen LogP contribution in [0.4, 0.5) is 4.39 Å². The van der Waals surface area contributed by atoms with Crippen molar-refractivity contribution in [3.63, 3.8) is 0 Å². The Hall–Kier alpha value is -0.110. The summed E-state index contributed by atoms with van der Waals surface area (Å²) in [6.45, 7) is 4.22. The molecule has 1 rings (SSSR count). The lowest BCUT2D eigenvalue weighted by atomic mass is 9.91. The summed E-state index contributed by atoms with van der Waals surface area (Å²) < 4.78 is 13.2. The Morgan fingerprint density at radius 1 is 1.42 bits per heavy atom. The molecule has 72 valence electrons. The monoisotopic (exact) mass is 173 g/mol. The smallest absolute Gasteiger partial charge is 0.100 e. The zero-order chi connectivity index (χ0) is 8.81. The van der Waals surface area contributed by atoms with E-state index in [1.807, 2.05) is 0 Å². The van der Waals surface area contributed by atoms with Gasteiger partial charge in [0.05, 0.1) is 0 Å². The SMILES string of the molecule is CCCC(F)CC1CCNCC1. The standard InChI is InChI=1S/C10H20FN/c1-2-3-10(11)8-9-4-6-12-7-5-9/h9-10,12H,2-8H2,1H3. The number of alkyl halides is 1. The van der Waals surface area contributed by atoms with Crippen molar-refractivity contribution in [3.05, 3.63) is 0 Å². The molecule has 12 heavy (non-hydrogen) atoms. The molecule has 1 saturated heterocycles. The molecule has 1 unspecified atom stereocenters. The van der Waals surface area contributed by atoms with Gasteiger partial charge in [-0.25, -0.2) is 4.39 Å². The molecule has 0 amide bonds. The minimum atomic E-state index is -0.543. The minimum Gasteiger partial charge on any atom is -0.317 e. The first-order valence-corrected chi connectivity index (χ1v) is 5.17. The molecular weight excluding hydrogens is 153 g/mol. The summed E-state index contributed by atoms with van der Waals surface area (Å²) in [6, 6.07) is 0. The topological polar surface area (TPSA) is 12.0 Å². The largest absolute Gasteiger partial charge is 0.317 e. The molecule has 1 N–H and O–H groups in total. The van der Waals surface area contributed by atoms with E-state index in [-0.39, 0.29) is 0 Å². The van der Waals surface area contributed by atoms with Crippen molar-refractivity contribution in [1.82, 2.24) is 5.32 Å². The summed E-state index contributed by atoms with van der Waals surface area (Å²) in [5.74, 6) is 0.646. The minimum absolute atomic E-state index is 0.543. The summed E-state index contributed by atoms with van der Waals surface area (Å²) >= 11 is 0. The number of nitrogens with one attached hydrogen (secondary N) is 1. The number of hydrogen-bond acceptors (Lipinski definition) is 1. The summed E-state index contributed by atoms with van der Waals surface area (Å²) in [6.07, 6.45) is 4.33. The lowest BCUT2D eigenvalue weighted by Gasteiger charge is -2.23. The maximum absolute atomic E-state index is 13.2. The van der Waals surface area contributed by atoms with Crippen LogP contribution in [0.2, 0.25) is 0 Å². The van der Waals surface area contributed by atoms with Crippen LogP contribution in [0.15, 0.2) is 0 Å². The fourth-order valence-corrected chi connectivity index (χ4v) is 1.91. The van der Waals surface area contributed by atoms with Crippen LogP contribution in [0.3, 0.4) is 0 Å². The Labute approximate surface area is 74.7 Å². The third-order valence-electron chi connectivity index (χ3n) is 2.65. The van der Waals surface area contributed by atoms with Gasteiger partial charge in [0.15, 0.2) is 0 Å². The molecule has 2 heteroatoms. The summed E-state index contributed by atoms with van der Waals surface area (Å²) in [4.78, 5) is 0. The van der Waals surface area contributed by atoms with Crippen molar-refractivity contribution >= 4 is 0 Å². The fourth-order valence-electron chi connectivity index (χ4n) is 1.91. The van der Waals surface area contributed by atoms with Gasteiger partial charge in [0.2, 0.25) is 0 Å². The van der Waals surface area contributed by atoms with E-state index in [2.05, 4.69) is 12.2 Å². The van der Waals surface area contributed by atoms with Gasteiger partial charge in [0.1, 0.15) is 6.17 Å². The highest BCUT2D eigenvalue weighted by Crippen LogP contribution is 2.21. The van der Waals surface area contributed by atoms with E-state index in [1.165, 1.54) is 12.8 Å². The second kappa shape index (κ2) is 5.52. The third kappa shape index (κ3) is 3.53. The molecule has 0 radical (unpaired) electrons. The van der Waals surface area contributed by atoms with E-state index in [9.17, 15) is 4.39 Å². The van der Waals surface area contributed by atoms with E-state index in [0.717, 1.165) is 32.4 Å². The zero-order valence-corrected chi connectivity index (χ0v) is 7.98. The number of piperidine rings is 1. The molecule has 1 atom stereocenters. The summed E-state index contributed by atoms with van der Waals surface area (Å²) in [5.41, 5.74) is 0. The van der Waals surface area contributed by atoms with Crippen molar-refractivity contribution in [2.24, 2.45) is 5.92 Å². The molecule has 0 spiro atoms. The summed E-state index contributed by atoms with van der Waals surface area (Å²) in [5, 5.41) is 3.30. The molecule has 0 aromatic rings. The quantitative estimate of drug-likeness (QED) is 0.688. The van der Waals surface area contributed by atoms with Crippen LogP contribution in [-0.2, 0) is 0 Å². The highest BCUT2D eigenvalue weighted by Gasteiger charge is 2.17. The van der Waals surface area contributed by atoms with Crippen LogP contribution in [0, 0.1) is 5.92 Å². The maximum Gasteiger partial charge on any atom is 0.100 e. The molecular formula is C10H20FN. The Morgan fingerprint density at radius 3 is 2.67 bits per heavy atom. The number of halogens is 1. The Morgan fingerprint density at radius 2 is 2.08 bits per heavy atom. The molecule has 0 aromatic heterocycles. The van der Waals surface area contributed by atoms with Crippen molar-refractivity contribution < 1.29 is 4.39 Å². The Kier molecular flexibility index (Phi) is 4.59. The van der Waals surface area contributed by atoms with E-state index in [1.54, 1.807) is 0 Å². The van der Waals surface area contributed by atoms with Gasteiger partial charge in [-0.15, -0.1) is 0 Å². The van der Waals surface area contributed by atoms with Crippen molar-refractivity contribution in [2.75, 3.05) is 13.1 Å². The van der Waals surface area contributed by atoms with Gasteiger partial charge in [0.25, 0.3) is 0 Å². The van der Waals surface area contributed by atoms with E-state index >= 15 is 0 Å².